The summed E-state index contributed by atoms with van der Waals surface area (Å²) in [7, 11) is -3.48. The Morgan fingerprint density at radius 3 is 2.37 bits per heavy atom. The Labute approximate surface area is 163 Å². The molecule has 0 heterocycles. The van der Waals surface area contributed by atoms with Crippen LogP contribution in [0.15, 0.2) is 71.6 Å². The lowest BCUT2D eigenvalue weighted by Gasteiger charge is -2.14. The molecule has 3 aromatic carbocycles. The van der Waals surface area contributed by atoms with Crippen LogP contribution in [0.25, 0.3) is 11.1 Å². The van der Waals surface area contributed by atoms with E-state index in [9.17, 15) is 12.8 Å². The van der Waals surface area contributed by atoms with Gasteiger partial charge in [-0.3, -0.25) is 0 Å². The number of halogens is 2. The second-order valence-corrected chi connectivity index (χ2v) is 8.67. The third-order valence-electron chi connectivity index (χ3n) is 4.15. The summed E-state index contributed by atoms with van der Waals surface area (Å²) in [4.78, 5) is -0.0416. The molecule has 0 atom stereocenters. The van der Waals surface area contributed by atoms with E-state index < -0.39 is 15.7 Å². The molecule has 0 saturated heterocycles. The summed E-state index contributed by atoms with van der Waals surface area (Å²) in [6, 6.07) is 18.4. The van der Waals surface area contributed by atoms with Crippen LogP contribution < -0.4 is 4.74 Å². The quantitative estimate of drug-likeness (QED) is 0.543. The van der Waals surface area contributed by atoms with Crippen LogP contribution in [-0.4, -0.2) is 14.2 Å². The topological polar surface area (TPSA) is 43.4 Å². The Bertz CT molecular complexity index is 1050. The van der Waals surface area contributed by atoms with E-state index in [0.29, 0.717) is 22.9 Å². The fraction of sp³-hybridized carbons (Fsp3) is 0.143. The van der Waals surface area contributed by atoms with Crippen LogP contribution in [0.5, 0.6) is 5.75 Å². The highest BCUT2D eigenvalue weighted by molar-refractivity contribution is 7.91. The van der Waals surface area contributed by atoms with Crippen molar-refractivity contribution in [3.8, 4) is 16.9 Å². The van der Waals surface area contributed by atoms with Crippen LogP contribution in [0.1, 0.15) is 12.5 Å². The highest BCUT2D eigenvalue weighted by Crippen LogP contribution is 2.35. The van der Waals surface area contributed by atoms with Crippen molar-refractivity contribution in [3.05, 3.63) is 83.1 Å². The average molecular weight is 405 g/mol. The lowest BCUT2D eigenvalue weighted by molar-refractivity contribution is 0.307. The van der Waals surface area contributed by atoms with Crippen molar-refractivity contribution in [1.82, 2.24) is 0 Å². The molecule has 3 nitrogen and oxygen atoms in total. The molecule has 27 heavy (non-hydrogen) atoms. The van der Waals surface area contributed by atoms with E-state index in [1.807, 2.05) is 30.3 Å². The molecular weight excluding hydrogens is 387 g/mol. The van der Waals surface area contributed by atoms with Gasteiger partial charge in [0.2, 0.25) is 0 Å². The smallest absolute Gasteiger partial charge is 0.178 e. The van der Waals surface area contributed by atoms with E-state index in [-0.39, 0.29) is 16.2 Å². The molecule has 0 aliphatic heterocycles. The molecule has 0 fully saturated rings. The first-order chi connectivity index (χ1) is 12.9. The van der Waals surface area contributed by atoms with E-state index >= 15 is 0 Å². The highest BCUT2D eigenvalue weighted by atomic mass is 35.5. The van der Waals surface area contributed by atoms with Crippen molar-refractivity contribution >= 4 is 21.4 Å². The van der Waals surface area contributed by atoms with Gasteiger partial charge in [-0.15, -0.1) is 0 Å². The Kier molecular flexibility index (Phi) is 5.82. The SMILES string of the molecule is CCS(=O)(=O)c1ccc(-c2cc(Cl)ccc2OCc2ccccc2)c(F)c1. The Hall–Kier alpha value is -2.37. The van der Waals surface area contributed by atoms with Gasteiger partial charge < -0.3 is 4.74 Å². The van der Waals surface area contributed by atoms with Gasteiger partial charge in [-0.1, -0.05) is 54.9 Å². The van der Waals surface area contributed by atoms with Crippen molar-refractivity contribution in [2.45, 2.75) is 18.4 Å². The number of rotatable bonds is 6. The summed E-state index contributed by atoms with van der Waals surface area (Å²) in [6.45, 7) is 1.84. The number of sulfone groups is 1. The molecule has 0 spiro atoms. The molecule has 0 bridgehead atoms. The molecule has 3 rings (SSSR count). The highest BCUT2D eigenvalue weighted by Gasteiger charge is 2.17. The first-order valence-electron chi connectivity index (χ1n) is 8.39. The number of hydrogen-bond donors (Lipinski definition) is 0. The minimum Gasteiger partial charge on any atom is -0.488 e. The molecule has 6 heteroatoms. The molecular formula is C21H18ClFO3S. The van der Waals surface area contributed by atoms with Crippen molar-refractivity contribution in [3.63, 3.8) is 0 Å². The predicted molar refractivity (Wildman–Crippen MR) is 105 cm³/mol. The van der Waals surface area contributed by atoms with E-state index in [1.54, 1.807) is 18.2 Å². The molecule has 0 saturated carbocycles. The van der Waals surface area contributed by atoms with Gasteiger partial charge in [0.15, 0.2) is 9.84 Å². The third kappa shape index (κ3) is 4.49. The zero-order chi connectivity index (χ0) is 19.4. The number of benzene rings is 3. The summed E-state index contributed by atoms with van der Waals surface area (Å²) >= 11 is 6.09. The van der Waals surface area contributed by atoms with Gasteiger partial charge in [0, 0.05) is 16.1 Å². The molecule has 3 aromatic rings. The van der Waals surface area contributed by atoms with Crippen LogP contribution in [0.2, 0.25) is 5.02 Å². The van der Waals surface area contributed by atoms with E-state index in [0.717, 1.165) is 11.6 Å². The van der Waals surface area contributed by atoms with E-state index in [1.165, 1.54) is 19.1 Å². The van der Waals surface area contributed by atoms with Crippen molar-refractivity contribution in [1.29, 1.82) is 0 Å². The van der Waals surface area contributed by atoms with Gasteiger partial charge in [0.05, 0.1) is 10.6 Å². The molecule has 0 amide bonds. The maximum absolute atomic E-state index is 14.7. The number of ether oxygens (including phenoxy) is 1. The normalized spacial score (nSPS) is 11.4. The lowest BCUT2D eigenvalue weighted by Crippen LogP contribution is -2.04. The largest absolute Gasteiger partial charge is 0.488 e. The fourth-order valence-corrected chi connectivity index (χ4v) is 3.71. The van der Waals surface area contributed by atoms with Gasteiger partial charge in [0.25, 0.3) is 0 Å². The summed E-state index contributed by atoms with van der Waals surface area (Å²) < 4.78 is 44.5. The first kappa shape index (κ1) is 19.4. The molecule has 0 N–H and O–H groups in total. The van der Waals surface area contributed by atoms with Crippen molar-refractivity contribution < 1.29 is 17.5 Å². The Morgan fingerprint density at radius 2 is 1.70 bits per heavy atom. The maximum Gasteiger partial charge on any atom is 0.178 e. The zero-order valence-corrected chi connectivity index (χ0v) is 16.2. The second kappa shape index (κ2) is 8.11. The van der Waals surface area contributed by atoms with Crippen LogP contribution in [0, 0.1) is 5.82 Å². The average Bonchev–Trinajstić information content (AvgIpc) is 2.67. The van der Waals surface area contributed by atoms with Gasteiger partial charge in [0.1, 0.15) is 18.2 Å². The van der Waals surface area contributed by atoms with Gasteiger partial charge >= 0.3 is 0 Å². The number of hydrogen-bond acceptors (Lipinski definition) is 3. The Balaban J connectivity index is 1.97. The maximum atomic E-state index is 14.7. The summed E-state index contributed by atoms with van der Waals surface area (Å²) in [6.07, 6.45) is 0. The van der Waals surface area contributed by atoms with Gasteiger partial charge in [-0.2, -0.15) is 0 Å². The standard InChI is InChI=1S/C21H18ClFO3S/c1-2-27(24,25)17-9-10-18(20(23)13-17)19-12-16(22)8-11-21(19)26-14-15-6-4-3-5-7-15/h3-13H,2,14H2,1H3. The first-order valence-corrected chi connectivity index (χ1v) is 10.4. The monoisotopic (exact) mass is 404 g/mol. The van der Waals surface area contributed by atoms with Gasteiger partial charge in [-0.25, -0.2) is 12.8 Å². The summed E-state index contributed by atoms with van der Waals surface area (Å²) in [5.74, 6) is -0.265. The van der Waals surface area contributed by atoms with Crippen LogP contribution in [0.3, 0.4) is 0 Å². The van der Waals surface area contributed by atoms with E-state index in [4.69, 9.17) is 16.3 Å². The van der Waals surface area contributed by atoms with Crippen molar-refractivity contribution in [2.24, 2.45) is 0 Å². The van der Waals surface area contributed by atoms with Crippen LogP contribution >= 0.6 is 11.6 Å². The fourth-order valence-electron chi connectivity index (χ4n) is 2.65. The summed E-state index contributed by atoms with van der Waals surface area (Å²) in [5.41, 5.74) is 1.68. The van der Waals surface area contributed by atoms with Crippen molar-refractivity contribution in [2.75, 3.05) is 5.75 Å². The predicted octanol–water partition coefficient (Wildman–Crippen LogP) is 5.52. The molecule has 0 radical (unpaired) electrons. The molecule has 0 unspecified atom stereocenters. The third-order valence-corrected chi connectivity index (χ3v) is 6.12. The molecule has 0 aliphatic rings. The second-order valence-electron chi connectivity index (χ2n) is 5.96. The minimum atomic E-state index is -3.48. The minimum absolute atomic E-state index is 0.0416. The van der Waals surface area contributed by atoms with Crippen LogP contribution in [0.4, 0.5) is 4.39 Å². The molecule has 140 valence electrons. The molecule has 0 aliphatic carbocycles. The lowest BCUT2D eigenvalue weighted by atomic mass is 10.0. The Morgan fingerprint density at radius 1 is 0.963 bits per heavy atom. The van der Waals surface area contributed by atoms with Crippen LogP contribution in [-0.2, 0) is 16.4 Å². The molecule has 0 aromatic heterocycles. The van der Waals surface area contributed by atoms with Gasteiger partial charge in [-0.05, 0) is 35.9 Å². The summed E-state index contributed by atoms with van der Waals surface area (Å²) in [5, 5.41) is 0.432. The zero-order valence-electron chi connectivity index (χ0n) is 14.7. The van der Waals surface area contributed by atoms with E-state index in [2.05, 4.69) is 0 Å².